The number of hydrogen-bond donors (Lipinski definition) is 1. The van der Waals surface area contributed by atoms with Gasteiger partial charge in [0, 0.05) is 13.8 Å². The lowest BCUT2D eigenvalue weighted by atomic mass is 10.2. The molecule has 0 saturated heterocycles. The molecular formula is C11H12O5. The SMILES string of the molecule is CC(=O)Oc1ccc(C)c(OC(C)=O)c1O. The van der Waals surface area contributed by atoms with Gasteiger partial charge in [0.1, 0.15) is 0 Å². The third kappa shape index (κ3) is 2.73. The van der Waals surface area contributed by atoms with Crippen molar-refractivity contribution < 1.29 is 24.2 Å². The van der Waals surface area contributed by atoms with E-state index in [0.717, 1.165) is 0 Å². The highest BCUT2D eigenvalue weighted by atomic mass is 16.6. The molecule has 5 heteroatoms. The summed E-state index contributed by atoms with van der Waals surface area (Å²) in [7, 11) is 0. The van der Waals surface area contributed by atoms with E-state index in [1.165, 1.54) is 19.9 Å². The molecule has 0 bridgehead atoms. The molecule has 0 amide bonds. The Morgan fingerprint density at radius 1 is 1.12 bits per heavy atom. The van der Waals surface area contributed by atoms with E-state index in [2.05, 4.69) is 0 Å². The summed E-state index contributed by atoms with van der Waals surface area (Å²) in [5.41, 5.74) is 0.573. The van der Waals surface area contributed by atoms with Gasteiger partial charge in [0.15, 0.2) is 11.5 Å². The number of esters is 2. The summed E-state index contributed by atoms with van der Waals surface area (Å²) >= 11 is 0. The Labute approximate surface area is 92.6 Å². The van der Waals surface area contributed by atoms with Gasteiger partial charge in [0.25, 0.3) is 0 Å². The largest absolute Gasteiger partial charge is 0.502 e. The van der Waals surface area contributed by atoms with Gasteiger partial charge in [-0.15, -0.1) is 0 Å². The van der Waals surface area contributed by atoms with Gasteiger partial charge in [-0.3, -0.25) is 9.59 Å². The predicted octanol–water partition coefficient (Wildman–Crippen LogP) is 1.55. The zero-order chi connectivity index (χ0) is 12.3. The van der Waals surface area contributed by atoms with Crippen molar-refractivity contribution in [3.63, 3.8) is 0 Å². The maximum atomic E-state index is 10.8. The van der Waals surface area contributed by atoms with E-state index < -0.39 is 11.9 Å². The minimum atomic E-state index is -0.562. The Kier molecular flexibility index (Phi) is 3.50. The van der Waals surface area contributed by atoms with Gasteiger partial charge in [0.05, 0.1) is 0 Å². The second kappa shape index (κ2) is 4.65. The Balaban J connectivity index is 3.15. The number of carbonyl (C=O) groups is 2. The van der Waals surface area contributed by atoms with Crippen LogP contribution in [0.3, 0.4) is 0 Å². The molecule has 0 atom stereocenters. The number of benzene rings is 1. The minimum absolute atomic E-state index is 0.00579. The van der Waals surface area contributed by atoms with Gasteiger partial charge in [-0.1, -0.05) is 6.07 Å². The van der Waals surface area contributed by atoms with Crippen LogP contribution < -0.4 is 9.47 Å². The zero-order valence-corrected chi connectivity index (χ0v) is 9.23. The second-order valence-electron chi connectivity index (χ2n) is 3.25. The molecule has 0 aromatic heterocycles. The van der Waals surface area contributed by atoms with Crippen LogP contribution in [-0.2, 0) is 9.59 Å². The number of aryl methyl sites for hydroxylation is 1. The topological polar surface area (TPSA) is 72.8 Å². The monoisotopic (exact) mass is 224 g/mol. The summed E-state index contributed by atoms with van der Waals surface area (Å²) in [6, 6.07) is 3.01. The van der Waals surface area contributed by atoms with Crippen molar-refractivity contribution >= 4 is 11.9 Å². The number of hydrogen-bond acceptors (Lipinski definition) is 5. The number of rotatable bonds is 2. The average Bonchev–Trinajstić information content (AvgIpc) is 2.16. The third-order valence-electron chi connectivity index (χ3n) is 1.79. The van der Waals surface area contributed by atoms with E-state index in [9.17, 15) is 14.7 Å². The Bertz CT molecular complexity index is 436. The number of ether oxygens (including phenoxy) is 2. The maximum absolute atomic E-state index is 10.8. The first-order chi connectivity index (χ1) is 7.41. The number of phenols is 1. The lowest BCUT2D eigenvalue weighted by molar-refractivity contribution is -0.132. The molecule has 0 saturated carbocycles. The maximum Gasteiger partial charge on any atom is 0.308 e. The highest BCUT2D eigenvalue weighted by Crippen LogP contribution is 2.38. The highest BCUT2D eigenvalue weighted by molar-refractivity contribution is 5.74. The van der Waals surface area contributed by atoms with Gasteiger partial charge >= 0.3 is 11.9 Å². The lowest BCUT2D eigenvalue weighted by Gasteiger charge is -2.10. The van der Waals surface area contributed by atoms with Crippen LogP contribution >= 0.6 is 0 Å². The summed E-state index contributed by atoms with van der Waals surface area (Å²) in [5, 5.41) is 9.71. The number of carbonyl (C=O) groups excluding carboxylic acids is 2. The molecule has 0 heterocycles. The van der Waals surface area contributed by atoms with Crippen LogP contribution in [0.4, 0.5) is 0 Å². The number of aromatic hydroxyl groups is 1. The van der Waals surface area contributed by atoms with Crippen LogP contribution in [0.1, 0.15) is 19.4 Å². The van der Waals surface area contributed by atoms with Gasteiger partial charge in [-0.25, -0.2) is 0 Å². The van der Waals surface area contributed by atoms with E-state index in [1.54, 1.807) is 13.0 Å². The predicted molar refractivity (Wildman–Crippen MR) is 55.5 cm³/mol. The summed E-state index contributed by atoms with van der Waals surface area (Å²) in [6.45, 7) is 4.09. The van der Waals surface area contributed by atoms with Gasteiger partial charge in [0.2, 0.25) is 5.75 Å². The van der Waals surface area contributed by atoms with Crippen LogP contribution in [0, 0.1) is 6.92 Å². The summed E-state index contributed by atoms with van der Waals surface area (Å²) in [4.78, 5) is 21.6. The molecule has 0 fully saturated rings. The number of phenolic OH excluding ortho intramolecular Hbond substituents is 1. The van der Waals surface area contributed by atoms with Gasteiger partial charge in [-0.05, 0) is 18.6 Å². The molecular weight excluding hydrogens is 212 g/mol. The molecule has 1 N–H and O–H groups in total. The van der Waals surface area contributed by atoms with Crippen molar-refractivity contribution in [2.24, 2.45) is 0 Å². The quantitative estimate of drug-likeness (QED) is 0.609. The Hall–Kier alpha value is -2.04. The molecule has 1 rings (SSSR count). The van der Waals surface area contributed by atoms with Crippen molar-refractivity contribution in [3.8, 4) is 17.2 Å². The van der Waals surface area contributed by atoms with Crippen molar-refractivity contribution in [3.05, 3.63) is 17.7 Å². The van der Waals surface area contributed by atoms with E-state index in [1.807, 2.05) is 0 Å². The average molecular weight is 224 g/mol. The fourth-order valence-corrected chi connectivity index (χ4v) is 1.16. The van der Waals surface area contributed by atoms with Gasteiger partial charge < -0.3 is 14.6 Å². The van der Waals surface area contributed by atoms with Gasteiger partial charge in [-0.2, -0.15) is 0 Å². The molecule has 0 aliphatic rings. The van der Waals surface area contributed by atoms with E-state index in [0.29, 0.717) is 5.56 Å². The Morgan fingerprint density at radius 2 is 1.69 bits per heavy atom. The van der Waals surface area contributed by atoms with E-state index in [4.69, 9.17) is 9.47 Å². The van der Waals surface area contributed by atoms with Crippen molar-refractivity contribution in [2.45, 2.75) is 20.8 Å². The molecule has 16 heavy (non-hydrogen) atoms. The molecule has 86 valence electrons. The molecule has 0 aliphatic carbocycles. The Morgan fingerprint density at radius 3 is 2.19 bits per heavy atom. The molecule has 0 aliphatic heterocycles. The highest BCUT2D eigenvalue weighted by Gasteiger charge is 2.15. The van der Waals surface area contributed by atoms with Crippen molar-refractivity contribution in [2.75, 3.05) is 0 Å². The first-order valence-corrected chi connectivity index (χ1v) is 4.61. The van der Waals surface area contributed by atoms with Crippen LogP contribution in [0.2, 0.25) is 0 Å². The van der Waals surface area contributed by atoms with Crippen LogP contribution in [-0.4, -0.2) is 17.0 Å². The van der Waals surface area contributed by atoms with Crippen LogP contribution in [0.25, 0.3) is 0 Å². The van der Waals surface area contributed by atoms with Crippen molar-refractivity contribution in [1.29, 1.82) is 0 Å². The molecule has 1 aromatic carbocycles. The smallest absolute Gasteiger partial charge is 0.308 e. The lowest BCUT2D eigenvalue weighted by Crippen LogP contribution is -2.05. The standard InChI is InChI=1S/C11H12O5/c1-6-4-5-9(15-7(2)12)10(14)11(6)16-8(3)13/h4-5,14H,1-3H3. The van der Waals surface area contributed by atoms with E-state index in [-0.39, 0.29) is 17.2 Å². The van der Waals surface area contributed by atoms with Crippen LogP contribution in [0.15, 0.2) is 12.1 Å². The summed E-state index contributed by atoms with van der Waals surface area (Å²) < 4.78 is 9.56. The fraction of sp³-hybridized carbons (Fsp3) is 0.273. The van der Waals surface area contributed by atoms with Crippen molar-refractivity contribution in [1.82, 2.24) is 0 Å². The molecule has 0 spiro atoms. The summed E-state index contributed by atoms with van der Waals surface area (Å²) in [5.74, 6) is -1.50. The minimum Gasteiger partial charge on any atom is -0.502 e. The second-order valence-corrected chi connectivity index (χ2v) is 3.25. The molecule has 0 unspecified atom stereocenters. The molecule has 0 radical (unpaired) electrons. The van der Waals surface area contributed by atoms with Crippen LogP contribution in [0.5, 0.6) is 17.2 Å². The first-order valence-electron chi connectivity index (χ1n) is 4.61. The normalized spacial score (nSPS) is 9.69. The molecule has 5 nitrogen and oxygen atoms in total. The first kappa shape index (κ1) is 12.0. The zero-order valence-electron chi connectivity index (χ0n) is 9.23. The summed E-state index contributed by atoms with van der Waals surface area (Å²) in [6.07, 6.45) is 0. The fourth-order valence-electron chi connectivity index (χ4n) is 1.16. The van der Waals surface area contributed by atoms with E-state index >= 15 is 0 Å². The molecule has 1 aromatic rings. The third-order valence-corrected chi connectivity index (χ3v) is 1.79.